The maximum Gasteiger partial charge on any atom is 0.148 e. The molecule has 0 amide bonds. The van der Waals surface area contributed by atoms with E-state index in [1.807, 2.05) is 18.5 Å². The largest absolute Gasteiger partial charge is 0.396 e. The molecule has 18 heavy (non-hydrogen) atoms. The van der Waals surface area contributed by atoms with Crippen LogP contribution < -0.4 is 11.1 Å². The van der Waals surface area contributed by atoms with E-state index >= 15 is 0 Å². The van der Waals surface area contributed by atoms with E-state index < -0.39 is 0 Å². The van der Waals surface area contributed by atoms with Gasteiger partial charge in [-0.1, -0.05) is 20.8 Å². The van der Waals surface area contributed by atoms with Crippen molar-refractivity contribution in [1.82, 2.24) is 9.78 Å². The minimum Gasteiger partial charge on any atom is -0.396 e. The number of nitrogens with two attached hydrogens (primary N) is 1. The molecule has 1 unspecified atom stereocenters. The third kappa shape index (κ3) is 3.16. The number of aromatic nitrogens is 2. The predicted molar refractivity (Wildman–Crippen MR) is 75.6 cm³/mol. The third-order valence-corrected chi connectivity index (χ3v) is 3.25. The van der Waals surface area contributed by atoms with Gasteiger partial charge in [0.2, 0.25) is 0 Å². The number of aliphatic hydroxyl groups excluding tert-OH is 1. The van der Waals surface area contributed by atoms with Crippen LogP contribution in [0.2, 0.25) is 0 Å². The van der Waals surface area contributed by atoms with Gasteiger partial charge in [0.25, 0.3) is 0 Å². The molecule has 1 atom stereocenters. The van der Waals surface area contributed by atoms with Crippen LogP contribution in [0.5, 0.6) is 0 Å². The monoisotopic (exact) mass is 254 g/mol. The molecule has 0 fully saturated rings. The van der Waals surface area contributed by atoms with Crippen LogP contribution in [-0.2, 0) is 6.54 Å². The molecule has 0 spiro atoms. The maximum atomic E-state index is 9.19. The lowest BCUT2D eigenvalue weighted by Crippen LogP contribution is -2.35. The fourth-order valence-corrected chi connectivity index (χ4v) is 1.99. The van der Waals surface area contributed by atoms with E-state index in [1.165, 1.54) is 0 Å². The summed E-state index contributed by atoms with van der Waals surface area (Å²) in [6, 6.07) is 0.159. The van der Waals surface area contributed by atoms with Gasteiger partial charge in [-0.2, -0.15) is 5.10 Å². The van der Waals surface area contributed by atoms with E-state index in [4.69, 9.17) is 5.73 Å². The first kappa shape index (κ1) is 14.8. The number of aryl methyl sites for hydroxylation is 2. The molecule has 0 saturated carbocycles. The van der Waals surface area contributed by atoms with Gasteiger partial charge in [0.1, 0.15) is 5.82 Å². The van der Waals surface area contributed by atoms with E-state index in [-0.39, 0.29) is 18.1 Å². The summed E-state index contributed by atoms with van der Waals surface area (Å²) in [5.74, 6) is 0.864. The molecule has 1 aromatic heterocycles. The van der Waals surface area contributed by atoms with E-state index in [2.05, 4.69) is 31.2 Å². The van der Waals surface area contributed by atoms with Crippen molar-refractivity contribution < 1.29 is 5.11 Å². The number of hydrogen-bond donors (Lipinski definition) is 3. The molecule has 1 rings (SSSR count). The highest BCUT2D eigenvalue weighted by Crippen LogP contribution is 2.29. The molecule has 1 aromatic rings. The topological polar surface area (TPSA) is 76.1 Å². The van der Waals surface area contributed by atoms with Crippen LogP contribution in [0.15, 0.2) is 0 Å². The summed E-state index contributed by atoms with van der Waals surface area (Å²) in [5, 5.41) is 17.0. The van der Waals surface area contributed by atoms with Gasteiger partial charge in [-0.15, -0.1) is 0 Å². The molecule has 0 radical (unpaired) electrons. The van der Waals surface area contributed by atoms with Crippen molar-refractivity contribution in [2.75, 3.05) is 17.7 Å². The summed E-state index contributed by atoms with van der Waals surface area (Å²) < 4.78 is 1.88. The Kier molecular flexibility index (Phi) is 4.62. The molecule has 4 N–H and O–H groups in total. The second-order valence-electron chi connectivity index (χ2n) is 5.74. The average Bonchev–Trinajstić information content (AvgIpc) is 2.54. The second-order valence-corrected chi connectivity index (χ2v) is 5.74. The zero-order valence-corrected chi connectivity index (χ0v) is 12.1. The molecule has 1 heterocycles. The average molecular weight is 254 g/mol. The summed E-state index contributed by atoms with van der Waals surface area (Å²) in [4.78, 5) is 0. The van der Waals surface area contributed by atoms with Gasteiger partial charge >= 0.3 is 0 Å². The fourth-order valence-electron chi connectivity index (χ4n) is 1.99. The molecular formula is C13H26N4O. The zero-order valence-electron chi connectivity index (χ0n) is 12.1. The van der Waals surface area contributed by atoms with Crippen LogP contribution in [-0.4, -0.2) is 27.5 Å². The van der Waals surface area contributed by atoms with Crippen LogP contribution in [0, 0.1) is 12.3 Å². The first-order valence-electron chi connectivity index (χ1n) is 6.51. The van der Waals surface area contributed by atoms with Gasteiger partial charge in [-0.05, 0) is 25.7 Å². The highest BCUT2D eigenvalue weighted by molar-refractivity contribution is 5.65. The number of hydrogen-bond acceptors (Lipinski definition) is 4. The molecule has 104 valence electrons. The number of nitrogen functional groups attached to an aromatic ring is 1. The predicted octanol–water partition coefficient (Wildman–Crippen LogP) is 2.00. The quantitative estimate of drug-likeness (QED) is 0.751. The Morgan fingerprint density at radius 3 is 2.50 bits per heavy atom. The number of anilines is 2. The van der Waals surface area contributed by atoms with Crippen LogP contribution in [0.3, 0.4) is 0 Å². The first-order valence-corrected chi connectivity index (χ1v) is 6.51. The number of nitrogens with one attached hydrogen (secondary N) is 1. The molecule has 0 aliphatic heterocycles. The molecular weight excluding hydrogens is 228 g/mol. The van der Waals surface area contributed by atoms with Gasteiger partial charge in [-0.25, -0.2) is 4.68 Å². The lowest BCUT2D eigenvalue weighted by molar-refractivity contribution is 0.234. The minimum atomic E-state index is 0.0475. The van der Waals surface area contributed by atoms with Gasteiger partial charge in [0, 0.05) is 19.2 Å². The fraction of sp³-hybridized carbons (Fsp3) is 0.769. The number of rotatable bonds is 5. The summed E-state index contributed by atoms with van der Waals surface area (Å²) in [5.41, 5.74) is 7.65. The Balaban J connectivity index is 3.00. The number of nitrogens with zero attached hydrogens (tertiary/aromatic N) is 2. The smallest absolute Gasteiger partial charge is 0.148 e. The van der Waals surface area contributed by atoms with Gasteiger partial charge in [-0.3, -0.25) is 0 Å². The zero-order chi connectivity index (χ0) is 13.9. The van der Waals surface area contributed by atoms with E-state index in [0.717, 1.165) is 18.1 Å². The van der Waals surface area contributed by atoms with E-state index in [0.29, 0.717) is 12.1 Å². The second kappa shape index (κ2) is 5.61. The van der Waals surface area contributed by atoms with Crippen molar-refractivity contribution in [2.45, 2.75) is 53.6 Å². The lowest BCUT2D eigenvalue weighted by Gasteiger charge is -2.32. The summed E-state index contributed by atoms with van der Waals surface area (Å²) in [6.45, 7) is 11.3. The van der Waals surface area contributed by atoms with Gasteiger partial charge < -0.3 is 16.2 Å². The Morgan fingerprint density at radius 1 is 1.44 bits per heavy atom. The molecule has 0 aliphatic rings. The standard InChI is InChI=1S/C13H26N4O/c1-6-17-12(11(14)9(2)16-17)15-10(7-8-18)13(3,4)5/h10,15,18H,6-8,14H2,1-5H3. The Morgan fingerprint density at radius 2 is 2.06 bits per heavy atom. The maximum absolute atomic E-state index is 9.19. The van der Waals surface area contributed by atoms with Crippen molar-refractivity contribution in [3.63, 3.8) is 0 Å². The molecule has 5 heteroatoms. The van der Waals surface area contributed by atoms with Crippen LogP contribution in [0.1, 0.15) is 39.8 Å². The van der Waals surface area contributed by atoms with Crippen molar-refractivity contribution in [3.05, 3.63) is 5.69 Å². The summed E-state index contributed by atoms with van der Waals surface area (Å²) in [6.07, 6.45) is 0.691. The molecule has 5 nitrogen and oxygen atoms in total. The van der Waals surface area contributed by atoms with Crippen molar-refractivity contribution in [1.29, 1.82) is 0 Å². The van der Waals surface area contributed by atoms with Crippen molar-refractivity contribution >= 4 is 11.5 Å². The molecule has 0 aliphatic carbocycles. The number of aliphatic hydroxyl groups is 1. The van der Waals surface area contributed by atoms with Crippen LogP contribution in [0.4, 0.5) is 11.5 Å². The Hall–Kier alpha value is -1.23. The molecule has 0 saturated heterocycles. The van der Waals surface area contributed by atoms with Crippen molar-refractivity contribution in [3.8, 4) is 0 Å². The van der Waals surface area contributed by atoms with E-state index in [1.54, 1.807) is 0 Å². The normalized spacial score (nSPS) is 13.7. The van der Waals surface area contributed by atoms with Crippen LogP contribution >= 0.6 is 0 Å². The van der Waals surface area contributed by atoms with E-state index in [9.17, 15) is 5.11 Å². The summed E-state index contributed by atoms with van der Waals surface area (Å²) in [7, 11) is 0. The highest BCUT2D eigenvalue weighted by Gasteiger charge is 2.26. The summed E-state index contributed by atoms with van der Waals surface area (Å²) >= 11 is 0. The Labute approximate surface area is 109 Å². The minimum absolute atomic E-state index is 0.0475. The molecule has 0 bridgehead atoms. The van der Waals surface area contributed by atoms with Gasteiger partial charge in [0.05, 0.1) is 11.4 Å². The SMILES string of the molecule is CCn1nc(C)c(N)c1NC(CCO)C(C)(C)C. The van der Waals surface area contributed by atoms with Crippen LogP contribution in [0.25, 0.3) is 0 Å². The first-order chi connectivity index (χ1) is 8.31. The van der Waals surface area contributed by atoms with Crippen molar-refractivity contribution in [2.24, 2.45) is 5.41 Å². The molecule has 0 aromatic carbocycles. The third-order valence-electron chi connectivity index (χ3n) is 3.25. The lowest BCUT2D eigenvalue weighted by atomic mass is 9.85. The van der Waals surface area contributed by atoms with Gasteiger partial charge in [0.15, 0.2) is 0 Å². The highest BCUT2D eigenvalue weighted by atomic mass is 16.3. The Bertz CT molecular complexity index is 392.